The first-order valence-corrected chi connectivity index (χ1v) is 28.1. The van der Waals surface area contributed by atoms with E-state index in [0.29, 0.717) is 51.4 Å². The zero-order chi connectivity index (χ0) is 50.2. The maximum absolute atomic E-state index is 12.2. The standard InChI is InChI=1S/C60H104N2O7/c1-4-7-10-13-16-19-31-40-54-67-58(57-64)44-34-25-22-28-39-49-62(52-53-63)51-43-50-61(47-37-29-23-26-35-45-59(65)68-55-41-32-20-17-14-11-8-5-2)48-38-30-24-27-36-46-60(66)69-56-42-33-21-18-15-12-9-6-3/h7-12,16-21,63H,4-6,13-15,22-56H2,1-3H3/b10-7-,11-8-,12-9-,19-16-,20-17-,21-18-. The molecule has 0 aliphatic carbocycles. The van der Waals surface area contributed by atoms with Crippen molar-refractivity contribution in [2.45, 2.75) is 220 Å². The predicted octanol–water partition coefficient (Wildman–Crippen LogP) is 14.9. The fourth-order valence-electron chi connectivity index (χ4n) is 7.89. The number of hydrogen-bond acceptors (Lipinski definition) is 9. The highest BCUT2D eigenvalue weighted by atomic mass is 16.5. The lowest BCUT2D eigenvalue weighted by atomic mass is 10.1. The summed E-state index contributed by atoms with van der Waals surface area (Å²) in [5, 5.41) is 9.83. The summed E-state index contributed by atoms with van der Waals surface area (Å²) < 4.78 is 16.6. The van der Waals surface area contributed by atoms with Crippen molar-refractivity contribution in [1.29, 1.82) is 0 Å². The molecule has 0 radical (unpaired) electrons. The zero-order valence-corrected chi connectivity index (χ0v) is 44.7. The van der Waals surface area contributed by atoms with Gasteiger partial charge in [-0.2, -0.15) is 0 Å². The number of allylic oxidation sites excluding steroid dienone is 13. The number of aliphatic hydroxyl groups is 1. The second-order valence-electron chi connectivity index (χ2n) is 18.3. The maximum atomic E-state index is 12.2. The number of unbranched alkanes of at least 4 members (excludes halogenated alkanes) is 15. The minimum Gasteiger partial charge on any atom is -0.487 e. The minimum absolute atomic E-state index is 0.0684. The number of carbonyl (C=O) groups is 2. The van der Waals surface area contributed by atoms with Gasteiger partial charge in [0.25, 0.3) is 0 Å². The Kier molecular flexibility index (Phi) is 52.6. The van der Waals surface area contributed by atoms with Gasteiger partial charge in [0.2, 0.25) is 0 Å². The molecule has 9 heteroatoms. The second-order valence-corrected chi connectivity index (χ2v) is 18.3. The molecule has 0 fully saturated rings. The first kappa shape index (κ1) is 65.5. The monoisotopic (exact) mass is 965 g/mol. The molecule has 396 valence electrons. The predicted molar refractivity (Wildman–Crippen MR) is 292 cm³/mol. The fourth-order valence-corrected chi connectivity index (χ4v) is 7.89. The number of carbonyl (C=O) groups excluding carboxylic acids is 3. The van der Waals surface area contributed by atoms with Crippen LogP contribution >= 0.6 is 0 Å². The number of hydrogen-bond donors (Lipinski definition) is 1. The Morgan fingerprint density at radius 2 is 0.725 bits per heavy atom. The van der Waals surface area contributed by atoms with Crippen molar-refractivity contribution < 1.29 is 33.7 Å². The van der Waals surface area contributed by atoms with Crippen LogP contribution in [-0.4, -0.2) is 98.5 Å². The van der Waals surface area contributed by atoms with Crippen LogP contribution in [0.5, 0.6) is 0 Å². The molecule has 0 aromatic heterocycles. The Balaban J connectivity index is 4.58. The van der Waals surface area contributed by atoms with Gasteiger partial charge in [0, 0.05) is 25.8 Å². The SMILES string of the molecule is CC/C=C\C/C=C\CCCOC(=O)CCCCCCCN(CCCCCCCC(=O)OCCC/C=C\C/C=C\CC)CCCN(CCO)CCCCCCCC(=C=O)OCCC/C=C\C/C=C\CC. The van der Waals surface area contributed by atoms with E-state index in [1.54, 1.807) is 0 Å². The van der Waals surface area contributed by atoms with Gasteiger partial charge in [0.15, 0.2) is 11.7 Å². The van der Waals surface area contributed by atoms with E-state index >= 15 is 0 Å². The largest absolute Gasteiger partial charge is 0.487 e. The summed E-state index contributed by atoms with van der Waals surface area (Å²) in [5.41, 5.74) is 0. The summed E-state index contributed by atoms with van der Waals surface area (Å²) in [6.45, 7) is 14.1. The van der Waals surface area contributed by atoms with Gasteiger partial charge in [-0.05, 0) is 155 Å². The normalized spacial score (nSPS) is 12.1. The van der Waals surface area contributed by atoms with E-state index in [0.717, 1.165) is 200 Å². The van der Waals surface area contributed by atoms with Gasteiger partial charge < -0.3 is 29.1 Å². The second kappa shape index (κ2) is 55.4. The highest BCUT2D eigenvalue weighted by Gasteiger charge is 2.10. The summed E-state index contributed by atoms with van der Waals surface area (Å²) in [6.07, 6.45) is 56.7. The number of esters is 2. The van der Waals surface area contributed by atoms with Crippen molar-refractivity contribution in [1.82, 2.24) is 9.80 Å². The van der Waals surface area contributed by atoms with Crippen LogP contribution in [-0.2, 0) is 28.6 Å². The molecule has 0 aromatic rings. The van der Waals surface area contributed by atoms with Crippen molar-refractivity contribution in [3.8, 4) is 0 Å². The molecule has 0 unspecified atom stereocenters. The Hall–Kier alpha value is -3.49. The summed E-state index contributed by atoms with van der Waals surface area (Å²) in [6, 6.07) is 0. The van der Waals surface area contributed by atoms with E-state index in [9.17, 15) is 19.5 Å². The third-order valence-corrected chi connectivity index (χ3v) is 11.9. The number of rotatable bonds is 52. The smallest absolute Gasteiger partial charge is 0.305 e. The summed E-state index contributed by atoms with van der Waals surface area (Å²) in [5.74, 6) is 2.33. The third-order valence-electron chi connectivity index (χ3n) is 11.9. The van der Waals surface area contributed by atoms with E-state index in [1.807, 2.05) is 5.94 Å². The van der Waals surface area contributed by atoms with Crippen molar-refractivity contribution in [2.75, 3.05) is 65.7 Å². The van der Waals surface area contributed by atoms with E-state index < -0.39 is 0 Å². The van der Waals surface area contributed by atoms with Crippen molar-refractivity contribution >= 4 is 17.9 Å². The quantitative estimate of drug-likeness (QED) is 0.0210. The van der Waals surface area contributed by atoms with Crippen LogP contribution in [0.25, 0.3) is 0 Å². The topological polar surface area (TPSA) is 106 Å². The summed E-state index contributed by atoms with van der Waals surface area (Å²) >= 11 is 0. The molecule has 0 heterocycles. The van der Waals surface area contributed by atoms with Gasteiger partial charge in [-0.1, -0.05) is 151 Å². The molecular weight excluding hydrogens is 861 g/mol. The van der Waals surface area contributed by atoms with Crippen molar-refractivity contribution in [3.63, 3.8) is 0 Å². The van der Waals surface area contributed by atoms with Crippen LogP contribution in [0, 0.1) is 0 Å². The minimum atomic E-state index is -0.0684. The molecule has 0 spiro atoms. The summed E-state index contributed by atoms with van der Waals surface area (Å²) in [7, 11) is 0. The van der Waals surface area contributed by atoms with Crippen LogP contribution in [0.4, 0.5) is 0 Å². The van der Waals surface area contributed by atoms with Crippen LogP contribution in [0.1, 0.15) is 220 Å². The Labute approximate surface area is 424 Å². The molecule has 0 amide bonds. The molecule has 0 aliphatic heterocycles. The Bertz CT molecular complexity index is 1320. The molecule has 0 rings (SSSR count). The molecule has 0 atom stereocenters. The van der Waals surface area contributed by atoms with E-state index in [1.165, 1.54) is 12.8 Å². The maximum Gasteiger partial charge on any atom is 0.305 e. The van der Waals surface area contributed by atoms with Crippen LogP contribution in [0.15, 0.2) is 78.7 Å². The molecule has 0 aliphatic rings. The van der Waals surface area contributed by atoms with Crippen LogP contribution < -0.4 is 0 Å². The Morgan fingerprint density at radius 1 is 0.391 bits per heavy atom. The molecule has 9 nitrogen and oxygen atoms in total. The van der Waals surface area contributed by atoms with E-state index in [4.69, 9.17) is 14.2 Å². The average Bonchev–Trinajstić information content (AvgIpc) is 3.35. The Morgan fingerprint density at radius 3 is 1.12 bits per heavy atom. The summed E-state index contributed by atoms with van der Waals surface area (Å²) in [4.78, 5) is 40.9. The zero-order valence-electron chi connectivity index (χ0n) is 44.7. The lowest BCUT2D eigenvalue weighted by Gasteiger charge is -2.26. The van der Waals surface area contributed by atoms with Crippen molar-refractivity contribution in [3.05, 3.63) is 78.7 Å². The number of aliphatic hydroxyl groups excluding tert-OH is 1. The highest BCUT2D eigenvalue weighted by Crippen LogP contribution is 2.14. The van der Waals surface area contributed by atoms with Gasteiger partial charge in [0.1, 0.15) is 0 Å². The van der Waals surface area contributed by atoms with Gasteiger partial charge in [-0.15, -0.1) is 0 Å². The first-order chi connectivity index (χ1) is 34.0. The van der Waals surface area contributed by atoms with E-state index in [2.05, 4.69) is 103 Å². The van der Waals surface area contributed by atoms with Crippen molar-refractivity contribution in [2.24, 2.45) is 0 Å². The lowest BCUT2D eigenvalue weighted by molar-refractivity contribution is -0.144. The molecule has 1 N–H and O–H groups in total. The van der Waals surface area contributed by atoms with Crippen LogP contribution in [0.3, 0.4) is 0 Å². The molecule has 0 aromatic carbocycles. The number of ether oxygens (including phenoxy) is 3. The fraction of sp³-hybridized carbons (Fsp3) is 0.733. The average molecular weight is 965 g/mol. The molecule has 69 heavy (non-hydrogen) atoms. The van der Waals surface area contributed by atoms with Crippen LogP contribution in [0.2, 0.25) is 0 Å². The molecular formula is C60H104N2O7. The number of nitrogens with zero attached hydrogens (tertiary/aromatic N) is 2. The molecule has 0 bridgehead atoms. The van der Waals surface area contributed by atoms with E-state index in [-0.39, 0.29) is 18.5 Å². The van der Waals surface area contributed by atoms with Gasteiger partial charge >= 0.3 is 11.9 Å². The van der Waals surface area contributed by atoms with Gasteiger partial charge in [-0.3, -0.25) is 9.59 Å². The highest BCUT2D eigenvalue weighted by molar-refractivity contribution is 5.69. The lowest BCUT2D eigenvalue weighted by Crippen LogP contribution is -2.33. The third kappa shape index (κ3) is 50.7. The van der Waals surface area contributed by atoms with Gasteiger partial charge in [0.05, 0.1) is 26.4 Å². The van der Waals surface area contributed by atoms with Gasteiger partial charge in [-0.25, -0.2) is 4.79 Å². The molecule has 0 saturated heterocycles. The molecule has 0 saturated carbocycles. The first-order valence-electron chi connectivity index (χ1n) is 28.1.